The molecule has 0 spiro atoms. The van der Waals surface area contributed by atoms with E-state index in [0.29, 0.717) is 5.56 Å². The predicted molar refractivity (Wildman–Crippen MR) is 84.4 cm³/mol. The summed E-state index contributed by atoms with van der Waals surface area (Å²) in [5.41, 5.74) is -0.0281. The number of methoxy groups -OCH3 is 2. The van der Waals surface area contributed by atoms with Crippen LogP contribution in [0.1, 0.15) is 0 Å². The number of ether oxygens (including phenoxy) is 2. The SMILES string of the molecule is COc1cc(OC)c2oc(-c3ccccc3O)cc(=O)c2c1O. The van der Waals surface area contributed by atoms with Crippen molar-refractivity contribution in [3.63, 3.8) is 0 Å². The lowest BCUT2D eigenvalue weighted by atomic mass is 10.1. The maximum Gasteiger partial charge on any atom is 0.197 e. The molecule has 0 radical (unpaired) electrons. The minimum Gasteiger partial charge on any atom is -0.507 e. The van der Waals surface area contributed by atoms with Gasteiger partial charge in [-0.05, 0) is 12.1 Å². The topological polar surface area (TPSA) is 89.1 Å². The number of hydrogen-bond acceptors (Lipinski definition) is 6. The van der Waals surface area contributed by atoms with Crippen molar-refractivity contribution in [2.75, 3.05) is 14.2 Å². The van der Waals surface area contributed by atoms with Gasteiger partial charge in [-0.2, -0.15) is 0 Å². The molecular formula is C17H14O6. The summed E-state index contributed by atoms with van der Waals surface area (Å²) in [5.74, 6) is 0.178. The lowest BCUT2D eigenvalue weighted by Gasteiger charge is -2.11. The van der Waals surface area contributed by atoms with Gasteiger partial charge in [0.15, 0.2) is 28.3 Å². The maximum atomic E-state index is 12.4. The van der Waals surface area contributed by atoms with Gasteiger partial charge in [0, 0.05) is 12.1 Å². The highest BCUT2D eigenvalue weighted by molar-refractivity contribution is 5.92. The molecule has 0 aliphatic heterocycles. The average molecular weight is 314 g/mol. The summed E-state index contributed by atoms with van der Waals surface area (Å²) >= 11 is 0. The van der Waals surface area contributed by atoms with Crippen LogP contribution in [-0.2, 0) is 0 Å². The zero-order valence-electron chi connectivity index (χ0n) is 12.5. The number of fused-ring (bicyclic) bond motifs is 1. The molecule has 0 saturated heterocycles. The second-order valence-electron chi connectivity index (χ2n) is 4.83. The fourth-order valence-corrected chi connectivity index (χ4v) is 2.39. The van der Waals surface area contributed by atoms with Crippen LogP contribution in [0.2, 0.25) is 0 Å². The summed E-state index contributed by atoms with van der Waals surface area (Å²) in [5, 5.41) is 20.1. The van der Waals surface area contributed by atoms with Crippen molar-refractivity contribution >= 4 is 11.0 Å². The van der Waals surface area contributed by atoms with Crippen LogP contribution >= 0.6 is 0 Å². The zero-order chi connectivity index (χ0) is 16.6. The Hall–Kier alpha value is -3.15. The molecule has 3 aromatic rings. The molecule has 6 nitrogen and oxygen atoms in total. The van der Waals surface area contributed by atoms with Crippen molar-refractivity contribution in [2.24, 2.45) is 0 Å². The number of phenols is 2. The molecule has 1 heterocycles. The van der Waals surface area contributed by atoms with Gasteiger partial charge in [0.25, 0.3) is 0 Å². The Bertz CT molecular complexity index is 942. The first-order valence-corrected chi connectivity index (χ1v) is 6.77. The number of phenolic OH excluding ortho intramolecular Hbond substituents is 2. The third-order valence-electron chi connectivity index (χ3n) is 3.51. The number of aromatic hydroxyl groups is 2. The van der Waals surface area contributed by atoms with Crippen LogP contribution in [-0.4, -0.2) is 24.4 Å². The molecule has 6 heteroatoms. The monoisotopic (exact) mass is 314 g/mol. The van der Waals surface area contributed by atoms with Gasteiger partial charge >= 0.3 is 0 Å². The van der Waals surface area contributed by atoms with E-state index in [0.717, 1.165) is 0 Å². The molecule has 118 valence electrons. The van der Waals surface area contributed by atoms with Crippen molar-refractivity contribution in [2.45, 2.75) is 0 Å². The van der Waals surface area contributed by atoms with E-state index in [1.807, 2.05) is 0 Å². The van der Waals surface area contributed by atoms with E-state index < -0.39 is 5.43 Å². The third kappa shape index (κ3) is 2.34. The van der Waals surface area contributed by atoms with Crippen molar-refractivity contribution in [3.8, 4) is 34.3 Å². The molecule has 0 aliphatic rings. The van der Waals surface area contributed by atoms with Gasteiger partial charge in [-0.15, -0.1) is 0 Å². The lowest BCUT2D eigenvalue weighted by molar-refractivity contribution is 0.365. The van der Waals surface area contributed by atoms with Gasteiger partial charge < -0.3 is 24.1 Å². The van der Waals surface area contributed by atoms with Crippen LogP contribution in [0, 0.1) is 0 Å². The summed E-state index contributed by atoms with van der Waals surface area (Å²) in [6.45, 7) is 0. The molecule has 0 bridgehead atoms. The third-order valence-corrected chi connectivity index (χ3v) is 3.51. The molecule has 0 fully saturated rings. The molecule has 3 rings (SSSR count). The molecule has 2 N–H and O–H groups in total. The smallest absolute Gasteiger partial charge is 0.197 e. The minimum absolute atomic E-state index is 0.0216. The molecule has 0 amide bonds. The van der Waals surface area contributed by atoms with Crippen LogP contribution in [0.25, 0.3) is 22.3 Å². The van der Waals surface area contributed by atoms with Gasteiger partial charge in [0.1, 0.15) is 16.9 Å². The van der Waals surface area contributed by atoms with E-state index in [9.17, 15) is 15.0 Å². The van der Waals surface area contributed by atoms with Crippen LogP contribution in [0.3, 0.4) is 0 Å². The fraction of sp³-hybridized carbons (Fsp3) is 0.118. The molecule has 0 unspecified atom stereocenters. The summed E-state index contributed by atoms with van der Waals surface area (Å²) in [6, 6.07) is 9.11. The first-order valence-electron chi connectivity index (χ1n) is 6.77. The highest BCUT2D eigenvalue weighted by Gasteiger charge is 2.20. The average Bonchev–Trinajstić information content (AvgIpc) is 2.55. The van der Waals surface area contributed by atoms with Crippen molar-refractivity contribution in [1.29, 1.82) is 0 Å². The molecular weight excluding hydrogens is 300 g/mol. The van der Waals surface area contributed by atoms with Gasteiger partial charge in [0.05, 0.1) is 19.8 Å². The molecule has 1 aromatic heterocycles. The van der Waals surface area contributed by atoms with Crippen molar-refractivity contribution in [1.82, 2.24) is 0 Å². The normalized spacial score (nSPS) is 10.7. The second kappa shape index (κ2) is 5.57. The van der Waals surface area contributed by atoms with E-state index in [1.54, 1.807) is 18.2 Å². The zero-order valence-corrected chi connectivity index (χ0v) is 12.5. The van der Waals surface area contributed by atoms with E-state index >= 15 is 0 Å². The Kier molecular flexibility index (Phi) is 3.57. The summed E-state index contributed by atoms with van der Waals surface area (Å²) < 4.78 is 16.0. The van der Waals surface area contributed by atoms with Crippen molar-refractivity contribution in [3.05, 3.63) is 46.6 Å². The second-order valence-corrected chi connectivity index (χ2v) is 4.83. The van der Waals surface area contributed by atoms with Crippen LogP contribution in [0.5, 0.6) is 23.0 Å². The van der Waals surface area contributed by atoms with Crippen LogP contribution in [0.15, 0.2) is 45.6 Å². The molecule has 0 saturated carbocycles. The largest absolute Gasteiger partial charge is 0.507 e. The van der Waals surface area contributed by atoms with E-state index in [1.165, 1.54) is 32.4 Å². The summed E-state index contributed by atoms with van der Waals surface area (Å²) in [6.07, 6.45) is 0. The molecule has 23 heavy (non-hydrogen) atoms. The van der Waals surface area contributed by atoms with E-state index in [2.05, 4.69) is 0 Å². The van der Waals surface area contributed by atoms with Crippen LogP contribution < -0.4 is 14.9 Å². The van der Waals surface area contributed by atoms with E-state index in [4.69, 9.17) is 13.9 Å². The Morgan fingerprint density at radius 3 is 2.35 bits per heavy atom. The minimum atomic E-state index is -0.473. The molecule has 0 atom stereocenters. The van der Waals surface area contributed by atoms with Crippen molar-refractivity contribution < 1.29 is 24.1 Å². The number of para-hydroxylation sites is 1. The lowest BCUT2D eigenvalue weighted by Crippen LogP contribution is -2.03. The Morgan fingerprint density at radius 1 is 1.00 bits per heavy atom. The first kappa shape index (κ1) is 14.8. The number of benzene rings is 2. The number of rotatable bonds is 3. The van der Waals surface area contributed by atoms with Gasteiger partial charge in [-0.25, -0.2) is 0 Å². The quantitative estimate of drug-likeness (QED) is 0.772. The fourth-order valence-electron chi connectivity index (χ4n) is 2.39. The van der Waals surface area contributed by atoms with Gasteiger partial charge in [-0.3, -0.25) is 4.79 Å². The highest BCUT2D eigenvalue weighted by atomic mass is 16.5. The summed E-state index contributed by atoms with van der Waals surface area (Å²) in [4.78, 5) is 12.4. The Morgan fingerprint density at radius 2 is 1.70 bits per heavy atom. The van der Waals surface area contributed by atoms with Gasteiger partial charge in [0.2, 0.25) is 0 Å². The highest BCUT2D eigenvalue weighted by Crippen LogP contribution is 2.40. The Labute approximate surface area is 131 Å². The maximum absolute atomic E-state index is 12.4. The standard InChI is InChI=1S/C17H14O6/c1-21-13-8-14(22-2)17-15(16(13)20)11(19)7-12(23-17)9-5-3-4-6-10(9)18/h3-8,18,20H,1-2H3. The number of hydrogen-bond donors (Lipinski definition) is 2. The molecule has 2 aromatic carbocycles. The summed E-state index contributed by atoms with van der Waals surface area (Å²) in [7, 11) is 2.79. The van der Waals surface area contributed by atoms with E-state index in [-0.39, 0.29) is 39.7 Å². The first-order chi connectivity index (χ1) is 11.1. The molecule has 0 aliphatic carbocycles. The van der Waals surface area contributed by atoms with Gasteiger partial charge in [-0.1, -0.05) is 12.1 Å². The van der Waals surface area contributed by atoms with Crippen LogP contribution in [0.4, 0.5) is 0 Å². The predicted octanol–water partition coefficient (Wildman–Crippen LogP) is 2.89. The Balaban J connectivity index is 2.39.